The largest absolute Gasteiger partial charge is 0.455 e. The van der Waals surface area contributed by atoms with Crippen molar-refractivity contribution in [2.24, 2.45) is 0 Å². The number of fused-ring (bicyclic) bond motifs is 6. The van der Waals surface area contributed by atoms with E-state index in [0.717, 1.165) is 71.9 Å². The molecule has 6 nitrogen and oxygen atoms in total. The van der Waals surface area contributed by atoms with Gasteiger partial charge in [0.1, 0.15) is 11.2 Å². The zero-order chi connectivity index (χ0) is 33.0. The molecule has 0 fully saturated rings. The molecule has 0 unspecified atom stereocenters. The second kappa shape index (κ2) is 11.4. The highest BCUT2D eigenvalue weighted by atomic mass is 16.3. The zero-order valence-electron chi connectivity index (χ0n) is 26.7. The Bertz CT molecular complexity index is 2790. The number of hydrogen-bond donors (Lipinski definition) is 0. The maximum Gasteiger partial charge on any atom is 0.167 e. The Labute approximate surface area is 287 Å². The van der Waals surface area contributed by atoms with E-state index in [1.165, 1.54) is 5.39 Å². The van der Waals surface area contributed by atoms with Crippen molar-refractivity contribution < 1.29 is 4.42 Å². The Hall–Kier alpha value is -6.92. The number of benzene rings is 6. The summed E-state index contributed by atoms with van der Waals surface area (Å²) >= 11 is 0. The Morgan fingerprint density at radius 1 is 0.440 bits per heavy atom. The molecule has 0 aliphatic rings. The Kier molecular flexibility index (Phi) is 6.39. The van der Waals surface area contributed by atoms with E-state index >= 15 is 0 Å². The van der Waals surface area contributed by atoms with Crippen LogP contribution < -0.4 is 0 Å². The van der Waals surface area contributed by atoms with Crippen LogP contribution in [0.5, 0.6) is 0 Å². The van der Waals surface area contributed by atoms with E-state index < -0.39 is 0 Å². The molecule has 0 aliphatic carbocycles. The molecule has 0 radical (unpaired) electrons. The number of nitrogens with zero attached hydrogens (tertiary/aromatic N) is 5. The lowest BCUT2D eigenvalue weighted by Crippen LogP contribution is -2.00. The van der Waals surface area contributed by atoms with E-state index in [1.807, 2.05) is 79.0 Å². The van der Waals surface area contributed by atoms with Crippen LogP contribution in [0.4, 0.5) is 0 Å². The second-order valence-corrected chi connectivity index (χ2v) is 12.3. The van der Waals surface area contributed by atoms with Crippen molar-refractivity contribution in [3.05, 3.63) is 164 Å². The quantitative estimate of drug-likeness (QED) is 0.187. The van der Waals surface area contributed by atoms with Gasteiger partial charge in [-0.2, -0.15) is 0 Å². The molecule has 0 amide bonds. The molecule has 0 aliphatic heterocycles. The predicted octanol–water partition coefficient (Wildman–Crippen LogP) is 10.9. The maximum absolute atomic E-state index is 6.89. The van der Waals surface area contributed by atoms with Gasteiger partial charge in [0.15, 0.2) is 17.5 Å². The van der Waals surface area contributed by atoms with Gasteiger partial charge in [-0.15, -0.1) is 0 Å². The molecular weight excluding hydrogens is 615 g/mol. The van der Waals surface area contributed by atoms with Crippen LogP contribution in [0.25, 0.3) is 94.7 Å². The summed E-state index contributed by atoms with van der Waals surface area (Å²) in [6, 6.07) is 51.9. The number of hydrogen-bond acceptors (Lipinski definition) is 5. The summed E-state index contributed by atoms with van der Waals surface area (Å²) in [6.45, 7) is 0. The number of rotatable bonds is 5. The molecule has 0 spiro atoms. The average molecular weight is 642 g/mol. The minimum absolute atomic E-state index is 0.538. The van der Waals surface area contributed by atoms with Gasteiger partial charge in [0.05, 0.1) is 16.6 Å². The first-order chi connectivity index (χ1) is 24.8. The lowest BCUT2D eigenvalue weighted by atomic mass is 9.99. The van der Waals surface area contributed by atoms with Gasteiger partial charge >= 0.3 is 0 Å². The zero-order valence-corrected chi connectivity index (χ0v) is 26.7. The van der Waals surface area contributed by atoms with E-state index in [4.69, 9.17) is 19.4 Å². The first-order valence-electron chi connectivity index (χ1n) is 16.5. The summed E-state index contributed by atoms with van der Waals surface area (Å²) in [5.74, 6) is 1.73. The van der Waals surface area contributed by atoms with Crippen molar-refractivity contribution in [3.8, 4) is 51.0 Å². The van der Waals surface area contributed by atoms with Crippen LogP contribution in [-0.2, 0) is 0 Å². The lowest BCUT2D eigenvalue weighted by molar-refractivity contribution is 0.670. The van der Waals surface area contributed by atoms with Crippen LogP contribution in [-0.4, -0.2) is 24.5 Å². The Morgan fingerprint density at radius 3 is 1.78 bits per heavy atom. The van der Waals surface area contributed by atoms with Crippen molar-refractivity contribution in [1.29, 1.82) is 0 Å². The third-order valence-electron chi connectivity index (χ3n) is 9.31. The second-order valence-electron chi connectivity index (χ2n) is 12.3. The van der Waals surface area contributed by atoms with E-state index in [1.54, 1.807) is 6.20 Å². The van der Waals surface area contributed by atoms with Gasteiger partial charge in [0, 0.05) is 62.4 Å². The third kappa shape index (κ3) is 4.58. The molecule has 0 atom stereocenters. The minimum Gasteiger partial charge on any atom is -0.455 e. The van der Waals surface area contributed by atoms with Crippen LogP contribution in [0, 0.1) is 0 Å². The SMILES string of the molecule is c1ccc(-c2nc(-c3ccccc3)nc(-c3cc(-c4cccnc4)cc4c3oc3cc5c(cc34)c3ccccc3n5-c3ccccc3)n2)cc1. The predicted molar refractivity (Wildman–Crippen MR) is 201 cm³/mol. The maximum atomic E-state index is 6.89. The third-order valence-corrected chi connectivity index (χ3v) is 9.31. The number of para-hydroxylation sites is 2. The van der Waals surface area contributed by atoms with Gasteiger partial charge in [0.25, 0.3) is 0 Å². The van der Waals surface area contributed by atoms with Crippen molar-refractivity contribution in [1.82, 2.24) is 24.5 Å². The molecule has 234 valence electrons. The van der Waals surface area contributed by atoms with E-state index in [2.05, 4.69) is 88.4 Å². The highest BCUT2D eigenvalue weighted by Crippen LogP contribution is 2.42. The Balaban J connectivity index is 1.30. The van der Waals surface area contributed by atoms with E-state index in [-0.39, 0.29) is 0 Å². The van der Waals surface area contributed by atoms with Crippen molar-refractivity contribution in [2.45, 2.75) is 0 Å². The van der Waals surface area contributed by atoms with Gasteiger partial charge in [-0.3, -0.25) is 4.98 Å². The first kappa shape index (κ1) is 28.1. The molecule has 0 N–H and O–H groups in total. The molecule has 10 rings (SSSR count). The van der Waals surface area contributed by atoms with Gasteiger partial charge in [0.2, 0.25) is 0 Å². The fourth-order valence-corrected chi connectivity index (χ4v) is 6.99. The van der Waals surface area contributed by atoms with Crippen LogP contribution >= 0.6 is 0 Å². The highest BCUT2D eigenvalue weighted by molar-refractivity contribution is 6.19. The summed E-state index contributed by atoms with van der Waals surface area (Å²) in [4.78, 5) is 19.6. The van der Waals surface area contributed by atoms with Crippen LogP contribution in [0.1, 0.15) is 0 Å². The van der Waals surface area contributed by atoms with Gasteiger partial charge in [-0.05, 0) is 48.0 Å². The summed E-state index contributed by atoms with van der Waals surface area (Å²) in [7, 11) is 0. The highest BCUT2D eigenvalue weighted by Gasteiger charge is 2.22. The number of pyridine rings is 1. The molecule has 4 heterocycles. The fourth-order valence-electron chi connectivity index (χ4n) is 6.99. The molecule has 6 heteroatoms. The molecule has 0 saturated carbocycles. The van der Waals surface area contributed by atoms with Crippen LogP contribution in [0.3, 0.4) is 0 Å². The van der Waals surface area contributed by atoms with Crippen molar-refractivity contribution in [2.75, 3.05) is 0 Å². The standard InChI is InChI=1S/C44H27N5O/c1-4-13-28(14-5-1)42-46-43(29-15-6-2-7-16-29)48-44(47-42)37-24-31(30-17-12-22-45-27-30)23-36-35-25-34-33-20-10-11-21-38(33)49(32-18-8-3-9-19-32)39(34)26-40(35)50-41(36)37/h1-27H. The van der Waals surface area contributed by atoms with Crippen molar-refractivity contribution >= 4 is 43.7 Å². The summed E-state index contributed by atoms with van der Waals surface area (Å²) in [5.41, 5.74) is 9.44. The molecule has 0 saturated heterocycles. The van der Waals surface area contributed by atoms with E-state index in [9.17, 15) is 0 Å². The smallest absolute Gasteiger partial charge is 0.167 e. The average Bonchev–Trinajstić information content (AvgIpc) is 3.72. The van der Waals surface area contributed by atoms with Gasteiger partial charge in [-0.25, -0.2) is 15.0 Å². The molecule has 50 heavy (non-hydrogen) atoms. The van der Waals surface area contributed by atoms with E-state index in [0.29, 0.717) is 17.5 Å². The molecule has 4 aromatic heterocycles. The normalized spacial score (nSPS) is 11.6. The minimum atomic E-state index is 0.538. The summed E-state index contributed by atoms with van der Waals surface area (Å²) in [6.07, 6.45) is 3.68. The first-order valence-corrected chi connectivity index (χ1v) is 16.5. The summed E-state index contributed by atoms with van der Waals surface area (Å²) in [5, 5.41) is 4.35. The Morgan fingerprint density at radius 2 is 1.08 bits per heavy atom. The summed E-state index contributed by atoms with van der Waals surface area (Å²) < 4.78 is 9.19. The van der Waals surface area contributed by atoms with Gasteiger partial charge in [-0.1, -0.05) is 103 Å². The van der Waals surface area contributed by atoms with Crippen molar-refractivity contribution in [3.63, 3.8) is 0 Å². The molecule has 6 aromatic carbocycles. The van der Waals surface area contributed by atoms with Gasteiger partial charge < -0.3 is 8.98 Å². The van der Waals surface area contributed by atoms with Crippen LogP contribution in [0.15, 0.2) is 168 Å². The number of aromatic nitrogens is 5. The molecule has 0 bridgehead atoms. The monoisotopic (exact) mass is 641 g/mol. The lowest BCUT2D eigenvalue weighted by Gasteiger charge is -2.10. The topological polar surface area (TPSA) is 69.6 Å². The number of furan rings is 1. The molecular formula is C44H27N5O. The molecule has 10 aromatic rings. The van der Waals surface area contributed by atoms with Crippen LogP contribution in [0.2, 0.25) is 0 Å². The fraction of sp³-hybridized carbons (Fsp3) is 0.